The molecule has 6 heteroatoms. The van der Waals surface area contributed by atoms with Gasteiger partial charge in [-0.05, 0) is 24.6 Å². The molecular formula is C25H18N2O3S. The highest BCUT2D eigenvalue weighted by atomic mass is 32.1. The van der Waals surface area contributed by atoms with E-state index in [1.165, 1.54) is 16.2 Å². The first-order chi connectivity index (χ1) is 15.0. The molecule has 1 saturated heterocycles. The van der Waals surface area contributed by atoms with Crippen LogP contribution in [0.25, 0.3) is 16.0 Å². The molecule has 1 fully saturated rings. The molecule has 4 aromatic rings. The monoisotopic (exact) mass is 426 g/mol. The second-order valence-corrected chi connectivity index (χ2v) is 8.42. The van der Waals surface area contributed by atoms with Crippen molar-refractivity contribution in [2.45, 2.75) is 13.0 Å². The Hall–Kier alpha value is -3.77. The first-order valence-corrected chi connectivity index (χ1v) is 10.6. The second-order valence-electron chi connectivity index (χ2n) is 7.41. The average molecular weight is 426 g/mol. The van der Waals surface area contributed by atoms with Gasteiger partial charge in [0.1, 0.15) is 5.76 Å². The largest absolute Gasteiger partial charge is 0.507 e. The van der Waals surface area contributed by atoms with Crippen LogP contribution in [-0.4, -0.2) is 21.8 Å². The van der Waals surface area contributed by atoms with Gasteiger partial charge in [0.25, 0.3) is 5.78 Å². The summed E-state index contributed by atoms with van der Waals surface area (Å²) in [5.41, 5.74) is 3.09. The number of hydrogen-bond acceptors (Lipinski definition) is 5. The third-order valence-corrected chi connectivity index (χ3v) is 6.41. The van der Waals surface area contributed by atoms with E-state index in [1.54, 1.807) is 12.1 Å². The lowest BCUT2D eigenvalue weighted by molar-refractivity contribution is -0.132. The minimum absolute atomic E-state index is 0.0688. The molecule has 1 amide bonds. The molecule has 1 aromatic heterocycles. The van der Waals surface area contributed by atoms with Gasteiger partial charge in [-0.25, -0.2) is 4.98 Å². The smallest absolute Gasteiger partial charge is 0.301 e. The number of hydrogen-bond donors (Lipinski definition) is 1. The number of carbonyl (C=O) groups is 2. The minimum Gasteiger partial charge on any atom is -0.507 e. The molecule has 2 heterocycles. The number of aliphatic hydroxyl groups excluding tert-OH is 1. The van der Waals surface area contributed by atoms with Crippen molar-refractivity contribution in [2.24, 2.45) is 0 Å². The van der Waals surface area contributed by atoms with Gasteiger partial charge in [0, 0.05) is 5.56 Å². The number of nitrogens with zero attached hydrogens (tertiary/aromatic N) is 2. The number of benzene rings is 3. The van der Waals surface area contributed by atoms with Crippen LogP contribution in [0.2, 0.25) is 0 Å². The molecule has 1 aliphatic rings. The number of ketones is 1. The highest BCUT2D eigenvalue weighted by Crippen LogP contribution is 2.44. The summed E-state index contributed by atoms with van der Waals surface area (Å²) >= 11 is 1.35. The van der Waals surface area contributed by atoms with Crippen molar-refractivity contribution in [1.29, 1.82) is 0 Å². The number of aryl methyl sites for hydroxylation is 1. The van der Waals surface area contributed by atoms with Crippen LogP contribution < -0.4 is 4.90 Å². The zero-order valence-corrected chi connectivity index (χ0v) is 17.5. The molecule has 0 unspecified atom stereocenters. The number of amides is 1. The van der Waals surface area contributed by atoms with Crippen molar-refractivity contribution >= 4 is 44.1 Å². The summed E-state index contributed by atoms with van der Waals surface area (Å²) in [4.78, 5) is 32.3. The number of thiazole rings is 1. The molecule has 0 bridgehead atoms. The fourth-order valence-corrected chi connectivity index (χ4v) is 4.80. The number of Topliss-reactive ketones (excluding diaryl/α,β-unsaturated/α-hetero) is 1. The summed E-state index contributed by atoms with van der Waals surface area (Å²) in [6.07, 6.45) is 0. The lowest BCUT2D eigenvalue weighted by Crippen LogP contribution is -2.29. The second kappa shape index (κ2) is 7.49. The lowest BCUT2D eigenvalue weighted by Gasteiger charge is -2.22. The Labute approximate surface area is 182 Å². The molecule has 3 aromatic carbocycles. The molecule has 5 nitrogen and oxygen atoms in total. The van der Waals surface area contributed by atoms with Gasteiger partial charge in [0.15, 0.2) is 5.13 Å². The zero-order valence-electron chi connectivity index (χ0n) is 16.6. The molecule has 1 aliphatic heterocycles. The summed E-state index contributed by atoms with van der Waals surface area (Å²) in [7, 11) is 0. The number of rotatable bonds is 3. The third kappa shape index (κ3) is 3.21. The molecule has 152 valence electrons. The molecule has 0 saturated carbocycles. The zero-order chi connectivity index (χ0) is 21.5. The van der Waals surface area contributed by atoms with Crippen LogP contribution in [0.1, 0.15) is 22.7 Å². The highest BCUT2D eigenvalue weighted by molar-refractivity contribution is 7.22. The van der Waals surface area contributed by atoms with Crippen LogP contribution in [0, 0.1) is 6.92 Å². The van der Waals surface area contributed by atoms with Gasteiger partial charge in [-0.2, -0.15) is 0 Å². The SMILES string of the molecule is Cc1ccc(/C(O)=C2\C(=O)C(=O)N(c3nc4ccccc4s3)[C@H]2c2ccccc2)cc1. The molecule has 0 spiro atoms. The summed E-state index contributed by atoms with van der Waals surface area (Å²) in [6.45, 7) is 1.94. The van der Waals surface area contributed by atoms with Crippen molar-refractivity contribution < 1.29 is 14.7 Å². The molecule has 1 atom stereocenters. The van der Waals surface area contributed by atoms with E-state index in [-0.39, 0.29) is 11.3 Å². The van der Waals surface area contributed by atoms with Crippen molar-refractivity contribution in [3.63, 3.8) is 0 Å². The predicted octanol–water partition coefficient (Wildman–Crippen LogP) is 5.23. The normalized spacial score (nSPS) is 18.1. The number of fused-ring (bicyclic) bond motifs is 1. The first-order valence-electron chi connectivity index (χ1n) is 9.83. The molecule has 0 aliphatic carbocycles. The summed E-state index contributed by atoms with van der Waals surface area (Å²) < 4.78 is 0.921. The molecular weight excluding hydrogens is 408 g/mol. The lowest BCUT2D eigenvalue weighted by atomic mass is 9.95. The Balaban J connectivity index is 1.73. The number of anilines is 1. The topological polar surface area (TPSA) is 70.5 Å². The average Bonchev–Trinajstić information content (AvgIpc) is 3.33. The van der Waals surface area contributed by atoms with E-state index >= 15 is 0 Å². The van der Waals surface area contributed by atoms with Crippen molar-refractivity contribution in [1.82, 2.24) is 4.98 Å². The Bertz CT molecular complexity index is 1310. The van der Waals surface area contributed by atoms with Crippen LogP contribution >= 0.6 is 11.3 Å². The van der Waals surface area contributed by atoms with Crippen molar-refractivity contribution in [3.8, 4) is 0 Å². The van der Waals surface area contributed by atoms with E-state index in [4.69, 9.17) is 0 Å². The van der Waals surface area contributed by atoms with Gasteiger partial charge in [-0.1, -0.05) is 83.6 Å². The van der Waals surface area contributed by atoms with E-state index in [0.29, 0.717) is 10.7 Å². The maximum absolute atomic E-state index is 13.2. The standard InChI is InChI=1S/C25H18N2O3S/c1-15-11-13-17(14-12-15)22(28)20-21(16-7-3-2-4-8-16)27(24(30)23(20)29)25-26-18-9-5-6-10-19(18)31-25/h2-14,21,28H,1H3/b22-20+/t21-/m0/s1. The highest BCUT2D eigenvalue weighted by Gasteiger charge is 2.48. The van der Waals surface area contributed by atoms with Gasteiger partial charge >= 0.3 is 5.91 Å². The van der Waals surface area contributed by atoms with E-state index in [0.717, 1.165) is 21.3 Å². The Kier molecular flexibility index (Phi) is 4.64. The summed E-state index contributed by atoms with van der Waals surface area (Å²) in [5.74, 6) is -1.59. The maximum atomic E-state index is 13.2. The summed E-state index contributed by atoms with van der Waals surface area (Å²) in [5, 5.41) is 11.5. The number of aromatic nitrogens is 1. The van der Waals surface area contributed by atoms with Crippen LogP contribution in [0.3, 0.4) is 0 Å². The van der Waals surface area contributed by atoms with Crippen LogP contribution in [0.4, 0.5) is 5.13 Å². The fourth-order valence-electron chi connectivity index (χ4n) is 3.81. The van der Waals surface area contributed by atoms with Gasteiger partial charge in [-0.15, -0.1) is 0 Å². The van der Waals surface area contributed by atoms with Gasteiger partial charge in [0.05, 0.1) is 21.8 Å². The van der Waals surface area contributed by atoms with Gasteiger partial charge in [0.2, 0.25) is 0 Å². The van der Waals surface area contributed by atoms with Gasteiger partial charge < -0.3 is 5.11 Å². The number of carbonyl (C=O) groups excluding carboxylic acids is 2. The summed E-state index contributed by atoms with van der Waals surface area (Å²) in [6, 6.07) is 23.3. The van der Waals surface area contributed by atoms with Crippen molar-refractivity contribution in [3.05, 3.63) is 101 Å². The minimum atomic E-state index is -0.761. The number of para-hydroxylation sites is 1. The van der Waals surface area contributed by atoms with E-state index < -0.39 is 17.7 Å². The maximum Gasteiger partial charge on any atom is 0.301 e. The third-order valence-electron chi connectivity index (χ3n) is 5.37. The quantitative estimate of drug-likeness (QED) is 0.277. The van der Waals surface area contributed by atoms with Crippen LogP contribution in [-0.2, 0) is 9.59 Å². The fraction of sp³-hybridized carbons (Fsp3) is 0.0800. The Morgan fingerprint density at radius 2 is 1.61 bits per heavy atom. The Morgan fingerprint density at radius 3 is 2.32 bits per heavy atom. The van der Waals surface area contributed by atoms with Crippen molar-refractivity contribution in [2.75, 3.05) is 4.90 Å². The van der Waals surface area contributed by atoms with E-state index in [2.05, 4.69) is 4.98 Å². The molecule has 31 heavy (non-hydrogen) atoms. The molecule has 5 rings (SSSR count). The number of aliphatic hydroxyl groups is 1. The predicted molar refractivity (Wildman–Crippen MR) is 122 cm³/mol. The molecule has 0 radical (unpaired) electrons. The van der Waals surface area contributed by atoms with Crippen LogP contribution in [0.15, 0.2) is 84.4 Å². The van der Waals surface area contributed by atoms with Crippen LogP contribution in [0.5, 0.6) is 0 Å². The van der Waals surface area contributed by atoms with E-state index in [9.17, 15) is 14.7 Å². The van der Waals surface area contributed by atoms with Gasteiger partial charge in [-0.3, -0.25) is 14.5 Å². The molecule has 1 N–H and O–H groups in total. The van der Waals surface area contributed by atoms with E-state index in [1.807, 2.05) is 73.7 Å². The Morgan fingerprint density at radius 1 is 0.935 bits per heavy atom. The first kappa shape index (κ1) is 19.2.